The number of piperazine rings is 1. The average Bonchev–Trinajstić information content (AvgIpc) is 2.67. The van der Waals surface area contributed by atoms with Gasteiger partial charge in [-0.05, 0) is 31.7 Å². The minimum Gasteiger partial charge on any atom is -0.333 e. The van der Waals surface area contributed by atoms with E-state index in [0.29, 0.717) is 6.54 Å². The maximum Gasteiger partial charge on any atom is 0.224 e. The van der Waals surface area contributed by atoms with E-state index in [9.17, 15) is 13.2 Å². The molecule has 1 atom stereocenters. The highest BCUT2D eigenvalue weighted by atomic mass is 32.2. The van der Waals surface area contributed by atoms with Crippen LogP contribution in [0.3, 0.4) is 0 Å². The predicted molar refractivity (Wildman–Crippen MR) is 106 cm³/mol. The third-order valence-corrected chi connectivity index (χ3v) is 6.78. The van der Waals surface area contributed by atoms with E-state index in [0.717, 1.165) is 24.2 Å². The molecule has 1 saturated heterocycles. The zero-order valence-corrected chi connectivity index (χ0v) is 16.7. The third-order valence-electron chi connectivity index (χ3n) is 5.05. The number of sulfone groups is 1. The van der Waals surface area contributed by atoms with Crippen LogP contribution in [-0.4, -0.2) is 56.6 Å². The van der Waals surface area contributed by atoms with Gasteiger partial charge in [0.05, 0.1) is 16.7 Å². The molecule has 6 heteroatoms. The van der Waals surface area contributed by atoms with E-state index >= 15 is 0 Å². The van der Waals surface area contributed by atoms with Crippen molar-refractivity contribution in [2.24, 2.45) is 0 Å². The summed E-state index contributed by atoms with van der Waals surface area (Å²) in [7, 11) is -1.42. The van der Waals surface area contributed by atoms with Crippen LogP contribution in [0.5, 0.6) is 0 Å². The van der Waals surface area contributed by atoms with Crippen molar-refractivity contribution in [2.45, 2.75) is 24.3 Å². The van der Waals surface area contributed by atoms with Crippen LogP contribution in [0.1, 0.15) is 23.6 Å². The van der Waals surface area contributed by atoms with Crippen molar-refractivity contribution in [2.75, 3.05) is 32.4 Å². The van der Waals surface area contributed by atoms with Crippen LogP contribution in [0.4, 0.5) is 0 Å². The fourth-order valence-electron chi connectivity index (χ4n) is 3.41. The second-order valence-corrected chi connectivity index (χ2v) is 9.27. The van der Waals surface area contributed by atoms with Gasteiger partial charge in [-0.25, -0.2) is 8.42 Å². The summed E-state index contributed by atoms with van der Waals surface area (Å²) < 4.78 is 25.1. The lowest BCUT2D eigenvalue weighted by Gasteiger charge is -2.40. The summed E-state index contributed by atoms with van der Waals surface area (Å²) >= 11 is 0. The van der Waals surface area contributed by atoms with Gasteiger partial charge in [0.15, 0.2) is 9.84 Å². The Bertz CT molecular complexity index is 879. The standard InChI is InChI=1S/C21H26N2O3S/c1-17-8-10-19(11-9-17)27(25,26)15-12-21(24)23-14-13-22(2)16-20(23)18-6-4-3-5-7-18/h3-11,20H,12-16H2,1-2H3. The largest absolute Gasteiger partial charge is 0.333 e. The van der Waals surface area contributed by atoms with E-state index in [4.69, 9.17) is 0 Å². The monoisotopic (exact) mass is 386 g/mol. The summed E-state index contributed by atoms with van der Waals surface area (Å²) in [6.45, 7) is 4.07. The minimum absolute atomic E-state index is 0.00323. The van der Waals surface area contributed by atoms with Crippen LogP contribution >= 0.6 is 0 Å². The molecule has 144 valence electrons. The van der Waals surface area contributed by atoms with Crippen molar-refractivity contribution in [1.29, 1.82) is 0 Å². The van der Waals surface area contributed by atoms with E-state index in [1.165, 1.54) is 0 Å². The van der Waals surface area contributed by atoms with Crippen LogP contribution in [0.2, 0.25) is 0 Å². The zero-order chi connectivity index (χ0) is 19.4. The van der Waals surface area contributed by atoms with E-state index in [2.05, 4.69) is 4.90 Å². The first kappa shape index (κ1) is 19.6. The normalized spacial score (nSPS) is 18.4. The number of hydrogen-bond acceptors (Lipinski definition) is 4. The first-order valence-electron chi connectivity index (χ1n) is 9.19. The van der Waals surface area contributed by atoms with Gasteiger partial charge in [-0.1, -0.05) is 48.0 Å². The predicted octanol–water partition coefficient (Wildman–Crippen LogP) is 2.67. The van der Waals surface area contributed by atoms with E-state index in [-0.39, 0.29) is 29.0 Å². The molecule has 0 bridgehead atoms. The molecular weight excluding hydrogens is 360 g/mol. The summed E-state index contributed by atoms with van der Waals surface area (Å²) in [6, 6.07) is 16.7. The number of amides is 1. The van der Waals surface area contributed by atoms with Crippen LogP contribution < -0.4 is 0 Å². The van der Waals surface area contributed by atoms with E-state index < -0.39 is 9.84 Å². The zero-order valence-electron chi connectivity index (χ0n) is 15.8. The minimum atomic E-state index is -3.46. The number of carbonyl (C=O) groups is 1. The molecule has 1 amide bonds. The molecule has 0 saturated carbocycles. The van der Waals surface area contributed by atoms with Gasteiger partial charge in [0.1, 0.15) is 0 Å². The molecule has 2 aromatic carbocycles. The quantitative estimate of drug-likeness (QED) is 0.793. The number of rotatable bonds is 5. The highest BCUT2D eigenvalue weighted by Gasteiger charge is 2.30. The molecule has 0 aliphatic carbocycles. The Balaban J connectivity index is 1.71. The highest BCUT2D eigenvalue weighted by molar-refractivity contribution is 7.91. The fourth-order valence-corrected chi connectivity index (χ4v) is 4.64. The van der Waals surface area contributed by atoms with Crippen LogP contribution in [0.15, 0.2) is 59.5 Å². The molecule has 0 N–H and O–H groups in total. The van der Waals surface area contributed by atoms with Crippen LogP contribution in [0, 0.1) is 6.92 Å². The van der Waals surface area contributed by atoms with Crippen LogP contribution in [0.25, 0.3) is 0 Å². The Hall–Kier alpha value is -2.18. The number of benzene rings is 2. The number of hydrogen-bond donors (Lipinski definition) is 0. The number of aryl methyl sites for hydroxylation is 1. The van der Waals surface area contributed by atoms with Gasteiger partial charge in [0, 0.05) is 26.1 Å². The van der Waals surface area contributed by atoms with E-state index in [1.54, 1.807) is 24.3 Å². The lowest BCUT2D eigenvalue weighted by atomic mass is 10.0. The second kappa shape index (κ2) is 8.23. The maximum absolute atomic E-state index is 12.9. The molecule has 5 nitrogen and oxygen atoms in total. The lowest BCUT2D eigenvalue weighted by Crippen LogP contribution is -2.49. The molecule has 1 aliphatic rings. The Labute approximate surface area is 161 Å². The summed E-state index contributed by atoms with van der Waals surface area (Å²) in [5.41, 5.74) is 2.09. The Morgan fingerprint density at radius 3 is 2.37 bits per heavy atom. The molecule has 27 heavy (non-hydrogen) atoms. The third kappa shape index (κ3) is 4.76. The molecule has 1 heterocycles. The van der Waals surface area contributed by atoms with Gasteiger partial charge < -0.3 is 9.80 Å². The van der Waals surface area contributed by atoms with Gasteiger partial charge in [0.2, 0.25) is 5.91 Å². The topological polar surface area (TPSA) is 57.7 Å². The molecule has 1 aliphatic heterocycles. The summed E-state index contributed by atoms with van der Waals surface area (Å²) in [5.74, 6) is -0.268. The van der Waals surface area contributed by atoms with Gasteiger partial charge >= 0.3 is 0 Å². The van der Waals surface area contributed by atoms with Crippen molar-refractivity contribution in [1.82, 2.24) is 9.80 Å². The Morgan fingerprint density at radius 1 is 1.04 bits per heavy atom. The molecular formula is C21H26N2O3S. The lowest BCUT2D eigenvalue weighted by molar-refractivity contribution is -0.135. The van der Waals surface area contributed by atoms with E-state index in [1.807, 2.05) is 49.2 Å². The summed E-state index contributed by atoms with van der Waals surface area (Å²) in [4.78, 5) is 17.2. The molecule has 1 unspecified atom stereocenters. The van der Waals surface area contributed by atoms with Gasteiger partial charge in [0.25, 0.3) is 0 Å². The maximum atomic E-state index is 12.9. The fraction of sp³-hybridized carbons (Fsp3) is 0.381. The molecule has 3 rings (SSSR count). The Morgan fingerprint density at radius 2 is 1.70 bits per heavy atom. The SMILES string of the molecule is Cc1ccc(S(=O)(=O)CCC(=O)N2CCN(C)CC2c2ccccc2)cc1. The number of likely N-dealkylation sites (N-methyl/N-ethyl adjacent to an activating group) is 1. The van der Waals surface area contributed by atoms with Gasteiger partial charge in [-0.3, -0.25) is 4.79 Å². The van der Waals surface area contributed by atoms with Crippen molar-refractivity contribution in [3.05, 3.63) is 65.7 Å². The molecule has 2 aromatic rings. The van der Waals surface area contributed by atoms with Gasteiger partial charge in [-0.2, -0.15) is 0 Å². The average molecular weight is 387 g/mol. The van der Waals surface area contributed by atoms with Crippen molar-refractivity contribution in [3.8, 4) is 0 Å². The Kier molecular flexibility index (Phi) is 5.97. The van der Waals surface area contributed by atoms with Gasteiger partial charge in [-0.15, -0.1) is 0 Å². The number of nitrogens with zero attached hydrogens (tertiary/aromatic N) is 2. The van der Waals surface area contributed by atoms with Crippen molar-refractivity contribution >= 4 is 15.7 Å². The van der Waals surface area contributed by atoms with Crippen molar-refractivity contribution < 1.29 is 13.2 Å². The molecule has 0 spiro atoms. The molecule has 0 aromatic heterocycles. The summed E-state index contributed by atoms with van der Waals surface area (Å²) in [5, 5.41) is 0. The molecule has 0 radical (unpaired) electrons. The first-order chi connectivity index (χ1) is 12.9. The van der Waals surface area contributed by atoms with Crippen LogP contribution in [-0.2, 0) is 14.6 Å². The van der Waals surface area contributed by atoms with Crippen molar-refractivity contribution in [3.63, 3.8) is 0 Å². The smallest absolute Gasteiger partial charge is 0.224 e. The second-order valence-electron chi connectivity index (χ2n) is 7.16. The molecule has 1 fully saturated rings. The summed E-state index contributed by atoms with van der Waals surface area (Å²) in [6.07, 6.45) is 0.00323. The highest BCUT2D eigenvalue weighted by Crippen LogP contribution is 2.26. The first-order valence-corrected chi connectivity index (χ1v) is 10.8. The number of carbonyl (C=O) groups excluding carboxylic acids is 1.